The number of aromatic nitrogens is 4. The molecular formula is C15H15ClN4. The maximum atomic E-state index is 5.92. The average molecular weight is 287 g/mol. The summed E-state index contributed by atoms with van der Waals surface area (Å²) in [5, 5.41) is 0.291. The summed E-state index contributed by atoms with van der Waals surface area (Å²) in [6.45, 7) is 4.92. The van der Waals surface area contributed by atoms with Crippen molar-refractivity contribution >= 4 is 22.6 Å². The van der Waals surface area contributed by atoms with Gasteiger partial charge in [0.15, 0.2) is 0 Å². The highest BCUT2D eigenvalue weighted by molar-refractivity contribution is 6.28. The van der Waals surface area contributed by atoms with E-state index in [2.05, 4.69) is 27.5 Å². The summed E-state index contributed by atoms with van der Waals surface area (Å²) in [7, 11) is 0. The monoisotopic (exact) mass is 286 g/mol. The molecule has 2 heterocycles. The number of nitrogens with zero attached hydrogens (tertiary/aromatic N) is 4. The smallest absolute Gasteiger partial charge is 0.222 e. The van der Waals surface area contributed by atoms with Crippen LogP contribution in [-0.2, 0) is 13.0 Å². The molecule has 0 unspecified atom stereocenters. The van der Waals surface area contributed by atoms with Crippen LogP contribution in [0.15, 0.2) is 30.3 Å². The van der Waals surface area contributed by atoms with Crippen LogP contribution in [0, 0.1) is 6.92 Å². The number of rotatable bonds is 3. The van der Waals surface area contributed by atoms with Gasteiger partial charge >= 0.3 is 0 Å². The number of aryl methyl sites for hydroxylation is 2. The molecule has 0 fully saturated rings. The molecule has 2 aromatic heterocycles. The summed E-state index contributed by atoms with van der Waals surface area (Å²) in [5.74, 6) is 1.00. The Hall–Kier alpha value is -1.94. The van der Waals surface area contributed by atoms with Gasteiger partial charge in [-0.1, -0.05) is 12.1 Å². The molecule has 0 bridgehead atoms. The van der Waals surface area contributed by atoms with Crippen LogP contribution in [0.25, 0.3) is 11.0 Å². The molecule has 0 N–H and O–H groups in total. The minimum absolute atomic E-state index is 0.291. The van der Waals surface area contributed by atoms with Crippen LogP contribution in [0.2, 0.25) is 5.28 Å². The van der Waals surface area contributed by atoms with Crippen molar-refractivity contribution in [3.05, 3.63) is 52.8 Å². The number of para-hydroxylation sites is 2. The van der Waals surface area contributed by atoms with E-state index < -0.39 is 0 Å². The number of halogens is 1. The molecule has 0 aliphatic rings. The van der Waals surface area contributed by atoms with Crippen molar-refractivity contribution in [3.8, 4) is 0 Å². The molecule has 0 radical (unpaired) electrons. The Morgan fingerprint density at radius 1 is 1.15 bits per heavy atom. The fraction of sp³-hybridized carbons (Fsp3) is 0.267. The van der Waals surface area contributed by atoms with Crippen LogP contribution in [0.1, 0.15) is 24.1 Å². The van der Waals surface area contributed by atoms with Crippen LogP contribution >= 0.6 is 11.6 Å². The second kappa shape index (κ2) is 5.21. The van der Waals surface area contributed by atoms with E-state index in [0.29, 0.717) is 11.7 Å². The van der Waals surface area contributed by atoms with Gasteiger partial charge < -0.3 is 4.57 Å². The Morgan fingerprint density at radius 3 is 2.70 bits per heavy atom. The predicted octanol–water partition coefficient (Wildman–Crippen LogP) is 3.40. The van der Waals surface area contributed by atoms with Crippen molar-refractivity contribution in [2.75, 3.05) is 0 Å². The van der Waals surface area contributed by atoms with Gasteiger partial charge in [-0.15, -0.1) is 0 Å². The van der Waals surface area contributed by atoms with Crippen LogP contribution < -0.4 is 0 Å². The quantitative estimate of drug-likeness (QED) is 0.693. The lowest BCUT2D eigenvalue weighted by Crippen LogP contribution is -2.04. The topological polar surface area (TPSA) is 43.6 Å². The lowest BCUT2D eigenvalue weighted by atomic mass is 10.2. The van der Waals surface area contributed by atoms with E-state index in [1.807, 2.05) is 31.2 Å². The predicted molar refractivity (Wildman–Crippen MR) is 80.0 cm³/mol. The minimum atomic E-state index is 0.291. The molecule has 0 atom stereocenters. The SMILES string of the molecule is CCn1c(Cc2cc(C)nc(Cl)n2)nc2ccccc21. The zero-order valence-electron chi connectivity index (χ0n) is 11.5. The highest BCUT2D eigenvalue weighted by atomic mass is 35.5. The highest BCUT2D eigenvalue weighted by Crippen LogP contribution is 2.18. The summed E-state index contributed by atoms with van der Waals surface area (Å²) in [5.41, 5.74) is 3.94. The number of hydrogen-bond donors (Lipinski definition) is 0. The molecule has 4 nitrogen and oxygen atoms in total. The summed E-state index contributed by atoms with van der Waals surface area (Å²) in [6.07, 6.45) is 0.658. The Labute approximate surface area is 122 Å². The number of benzene rings is 1. The van der Waals surface area contributed by atoms with Crippen molar-refractivity contribution in [1.29, 1.82) is 0 Å². The Kier molecular flexibility index (Phi) is 3.40. The average Bonchev–Trinajstić information content (AvgIpc) is 2.74. The third-order valence-corrected chi connectivity index (χ3v) is 3.44. The van der Waals surface area contributed by atoms with Gasteiger partial charge in [0.2, 0.25) is 5.28 Å². The molecule has 0 amide bonds. The zero-order chi connectivity index (χ0) is 14.1. The number of hydrogen-bond acceptors (Lipinski definition) is 3. The first-order valence-electron chi connectivity index (χ1n) is 6.61. The summed E-state index contributed by atoms with van der Waals surface area (Å²) < 4.78 is 2.21. The summed E-state index contributed by atoms with van der Waals surface area (Å²) in [4.78, 5) is 13.1. The maximum Gasteiger partial charge on any atom is 0.222 e. The van der Waals surface area contributed by atoms with E-state index in [1.165, 1.54) is 0 Å². The first-order chi connectivity index (χ1) is 9.67. The van der Waals surface area contributed by atoms with Crippen molar-refractivity contribution in [1.82, 2.24) is 19.5 Å². The molecular weight excluding hydrogens is 272 g/mol. The molecule has 1 aromatic carbocycles. The Bertz CT molecular complexity index is 743. The maximum absolute atomic E-state index is 5.92. The molecule has 0 saturated carbocycles. The summed E-state index contributed by atoms with van der Waals surface area (Å²) >= 11 is 5.92. The zero-order valence-corrected chi connectivity index (χ0v) is 12.2. The Balaban J connectivity index is 2.05. The first kappa shape index (κ1) is 13.1. The fourth-order valence-electron chi connectivity index (χ4n) is 2.46. The van der Waals surface area contributed by atoms with Gasteiger partial charge in [-0.05, 0) is 43.6 Å². The molecule has 0 spiro atoms. The molecule has 0 aliphatic heterocycles. The third kappa shape index (κ3) is 2.39. The van der Waals surface area contributed by atoms with E-state index in [4.69, 9.17) is 16.6 Å². The molecule has 3 rings (SSSR count). The first-order valence-corrected chi connectivity index (χ1v) is 6.99. The minimum Gasteiger partial charge on any atom is -0.328 e. The fourth-order valence-corrected chi connectivity index (χ4v) is 2.70. The van der Waals surface area contributed by atoms with E-state index >= 15 is 0 Å². The van der Waals surface area contributed by atoms with Gasteiger partial charge in [0.05, 0.1) is 16.7 Å². The van der Waals surface area contributed by atoms with Gasteiger partial charge in [-0.3, -0.25) is 0 Å². The lowest BCUT2D eigenvalue weighted by Gasteiger charge is -2.06. The van der Waals surface area contributed by atoms with Crippen LogP contribution in [-0.4, -0.2) is 19.5 Å². The molecule has 5 heteroatoms. The van der Waals surface area contributed by atoms with Gasteiger partial charge in [0.25, 0.3) is 0 Å². The molecule has 0 saturated heterocycles. The van der Waals surface area contributed by atoms with Crippen LogP contribution in [0.4, 0.5) is 0 Å². The van der Waals surface area contributed by atoms with Gasteiger partial charge in [0.1, 0.15) is 5.82 Å². The number of fused-ring (bicyclic) bond motifs is 1. The third-order valence-electron chi connectivity index (χ3n) is 3.27. The summed E-state index contributed by atoms with van der Waals surface area (Å²) in [6, 6.07) is 10.1. The Morgan fingerprint density at radius 2 is 1.95 bits per heavy atom. The van der Waals surface area contributed by atoms with E-state index in [9.17, 15) is 0 Å². The second-order valence-corrected chi connectivity index (χ2v) is 5.05. The van der Waals surface area contributed by atoms with Crippen molar-refractivity contribution in [3.63, 3.8) is 0 Å². The van der Waals surface area contributed by atoms with Gasteiger partial charge in [-0.2, -0.15) is 0 Å². The van der Waals surface area contributed by atoms with Gasteiger partial charge in [0, 0.05) is 18.7 Å². The van der Waals surface area contributed by atoms with Crippen molar-refractivity contribution in [2.24, 2.45) is 0 Å². The van der Waals surface area contributed by atoms with Crippen molar-refractivity contribution in [2.45, 2.75) is 26.8 Å². The lowest BCUT2D eigenvalue weighted by molar-refractivity contribution is 0.728. The molecule has 3 aromatic rings. The van der Waals surface area contributed by atoms with E-state index in [-0.39, 0.29) is 0 Å². The number of imidazole rings is 1. The second-order valence-electron chi connectivity index (χ2n) is 4.71. The van der Waals surface area contributed by atoms with E-state index in [1.54, 1.807) is 0 Å². The molecule has 102 valence electrons. The highest BCUT2D eigenvalue weighted by Gasteiger charge is 2.11. The normalized spacial score (nSPS) is 11.2. The van der Waals surface area contributed by atoms with Crippen molar-refractivity contribution < 1.29 is 0 Å². The van der Waals surface area contributed by atoms with Gasteiger partial charge in [-0.25, -0.2) is 15.0 Å². The standard InChI is InChI=1S/C15H15ClN4/c1-3-20-13-7-5-4-6-12(13)19-14(20)9-11-8-10(2)17-15(16)18-11/h4-8H,3,9H2,1-2H3. The van der Waals surface area contributed by atoms with E-state index in [0.717, 1.165) is 34.8 Å². The largest absolute Gasteiger partial charge is 0.328 e. The van der Waals surface area contributed by atoms with Crippen LogP contribution in [0.5, 0.6) is 0 Å². The molecule has 0 aliphatic carbocycles. The molecule has 20 heavy (non-hydrogen) atoms. The van der Waals surface area contributed by atoms with Crippen LogP contribution in [0.3, 0.4) is 0 Å².